The van der Waals surface area contributed by atoms with Gasteiger partial charge in [0.2, 0.25) is 0 Å². The van der Waals surface area contributed by atoms with Gasteiger partial charge in [-0.3, -0.25) is 0 Å². The van der Waals surface area contributed by atoms with Gasteiger partial charge >= 0.3 is 7.12 Å². The zero-order valence-corrected chi connectivity index (χ0v) is 18.2. The zero-order valence-electron chi connectivity index (χ0n) is 18.2. The predicted molar refractivity (Wildman–Crippen MR) is 132 cm³/mol. The van der Waals surface area contributed by atoms with E-state index in [1.54, 1.807) is 12.1 Å². The summed E-state index contributed by atoms with van der Waals surface area (Å²) in [5.74, 6) is 0. The molecule has 0 saturated heterocycles. The molecule has 3 nitrogen and oxygen atoms in total. The molecule has 2 aliphatic rings. The van der Waals surface area contributed by atoms with Crippen LogP contribution < -0.4 is 10.4 Å². The van der Waals surface area contributed by atoms with E-state index in [0.717, 1.165) is 35.5 Å². The largest absolute Gasteiger partial charge is 0.488 e. The molecule has 0 amide bonds. The van der Waals surface area contributed by atoms with E-state index in [9.17, 15) is 10.0 Å². The maximum atomic E-state index is 9.48. The number of fused-ring (bicyclic) bond motifs is 1. The van der Waals surface area contributed by atoms with Crippen LogP contribution in [0, 0.1) is 0 Å². The fraction of sp³-hybridized carbons (Fsp3) is 0.185. The minimum Gasteiger partial charge on any atom is -0.423 e. The van der Waals surface area contributed by atoms with Crippen molar-refractivity contribution in [1.29, 1.82) is 0 Å². The Bertz CT molecular complexity index is 1120. The average Bonchev–Trinajstić information content (AvgIpc) is 3.00. The molecular formula is C27H28BNO2. The number of nitrogens with zero attached hydrogens (tertiary/aromatic N) is 1. The fourth-order valence-electron chi connectivity index (χ4n) is 4.64. The fourth-order valence-corrected chi connectivity index (χ4v) is 4.64. The predicted octanol–water partition coefficient (Wildman–Crippen LogP) is 5.16. The molecule has 4 heteroatoms. The lowest BCUT2D eigenvalue weighted by molar-refractivity contribution is 0.426. The van der Waals surface area contributed by atoms with E-state index in [1.165, 1.54) is 16.7 Å². The van der Waals surface area contributed by atoms with E-state index in [4.69, 9.17) is 0 Å². The Labute approximate surface area is 185 Å². The van der Waals surface area contributed by atoms with Gasteiger partial charge in [-0.2, -0.15) is 0 Å². The van der Waals surface area contributed by atoms with E-state index >= 15 is 0 Å². The van der Waals surface area contributed by atoms with Gasteiger partial charge in [-0.15, -0.1) is 0 Å². The van der Waals surface area contributed by atoms with Gasteiger partial charge in [0.05, 0.1) is 0 Å². The summed E-state index contributed by atoms with van der Waals surface area (Å²) in [6.45, 7) is 12.5. The zero-order chi connectivity index (χ0) is 22.2. The Kier molecular flexibility index (Phi) is 5.61. The van der Waals surface area contributed by atoms with Crippen LogP contribution in [0.2, 0.25) is 0 Å². The van der Waals surface area contributed by atoms with Gasteiger partial charge in [-0.1, -0.05) is 69.5 Å². The standard InChI is InChI=1S/C27H28BNO2/c1-5-23-24-17-16-22(18-26(24)27(3,4)25(23)6-2)29(20-10-8-7-9-11-20)21-14-12-19(13-15-21)28(30)31/h5-6,8,10-18,30-31H,1-2,7,9H2,3-4H3. The Hall–Kier alpha value is -3.08. The van der Waals surface area contributed by atoms with Gasteiger partial charge in [-0.25, -0.2) is 0 Å². The number of anilines is 2. The van der Waals surface area contributed by atoms with Crippen molar-refractivity contribution in [2.45, 2.75) is 32.1 Å². The first-order valence-corrected chi connectivity index (χ1v) is 10.7. The molecule has 0 atom stereocenters. The third kappa shape index (κ3) is 3.63. The highest BCUT2D eigenvalue weighted by atomic mass is 16.4. The second kappa shape index (κ2) is 8.22. The molecule has 0 radical (unpaired) electrons. The Morgan fingerprint density at radius 2 is 1.68 bits per heavy atom. The van der Waals surface area contributed by atoms with Crippen LogP contribution in [0.1, 0.15) is 37.8 Å². The highest BCUT2D eigenvalue weighted by Crippen LogP contribution is 2.48. The second-order valence-corrected chi connectivity index (χ2v) is 8.50. The molecular weight excluding hydrogens is 381 g/mol. The molecule has 2 N–H and O–H groups in total. The van der Waals surface area contributed by atoms with Crippen molar-refractivity contribution in [1.82, 2.24) is 0 Å². The van der Waals surface area contributed by atoms with Gasteiger partial charge in [0.15, 0.2) is 0 Å². The van der Waals surface area contributed by atoms with Gasteiger partial charge < -0.3 is 14.9 Å². The molecule has 0 spiro atoms. The molecule has 2 aliphatic carbocycles. The number of rotatable bonds is 6. The minimum absolute atomic E-state index is 0.163. The van der Waals surface area contributed by atoms with Crippen molar-refractivity contribution in [3.63, 3.8) is 0 Å². The first-order valence-electron chi connectivity index (χ1n) is 10.7. The number of allylic oxidation sites excluding steroid dienone is 7. The summed E-state index contributed by atoms with van der Waals surface area (Å²) < 4.78 is 0. The first-order chi connectivity index (χ1) is 14.9. The highest BCUT2D eigenvalue weighted by Gasteiger charge is 2.35. The lowest BCUT2D eigenvalue weighted by Crippen LogP contribution is -2.29. The number of benzene rings is 2. The van der Waals surface area contributed by atoms with E-state index in [1.807, 2.05) is 24.3 Å². The molecule has 0 heterocycles. The third-order valence-electron chi connectivity index (χ3n) is 6.28. The molecule has 0 aromatic heterocycles. The summed E-state index contributed by atoms with van der Waals surface area (Å²) in [7, 11) is -1.47. The van der Waals surface area contributed by atoms with Crippen LogP contribution in [0.4, 0.5) is 11.4 Å². The molecule has 0 fully saturated rings. The van der Waals surface area contributed by atoms with Crippen LogP contribution in [-0.2, 0) is 5.41 Å². The molecule has 2 aromatic rings. The summed E-state index contributed by atoms with van der Waals surface area (Å²) >= 11 is 0. The van der Waals surface area contributed by atoms with E-state index < -0.39 is 7.12 Å². The molecule has 0 saturated carbocycles. The number of hydrogen-bond acceptors (Lipinski definition) is 3. The van der Waals surface area contributed by atoms with Gasteiger partial charge in [0, 0.05) is 22.5 Å². The molecule has 31 heavy (non-hydrogen) atoms. The molecule has 0 unspecified atom stereocenters. The molecule has 0 bridgehead atoms. The Morgan fingerprint density at radius 3 is 2.26 bits per heavy atom. The normalized spacial score (nSPS) is 16.6. The topological polar surface area (TPSA) is 43.7 Å². The summed E-state index contributed by atoms with van der Waals surface area (Å²) in [5, 5.41) is 19.0. The molecule has 156 valence electrons. The van der Waals surface area contributed by atoms with Crippen LogP contribution in [0.3, 0.4) is 0 Å². The quantitative estimate of drug-likeness (QED) is 0.649. The van der Waals surface area contributed by atoms with E-state index in [2.05, 4.69) is 68.3 Å². The lowest BCUT2D eigenvalue weighted by atomic mass is 9.80. The minimum atomic E-state index is -1.47. The third-order valence-corrected chi connectivity index (χ3v) is 6.28. The van der Waals surface area contributed by atoms with Crippen molar-refractivity contribution >= 4 is 29.5 Å². The van der Waals surface area contributed by atoms with Crippen LogP contribution in [0.5, 0.6) is 0 Å². The SMILES string of the molecule is C=CC1=C(C=C)C(C)(C)c2cc(N(C3=CCCC=C3)c3ccc(B(O)O)cc3)ccc21. The number of hydrogen-bond donors (Lipinski definition) is 2. The van der Waals surface area contributed by atoms with Crippen molar-refractivity contribution in [3.05, 3.63) is 108 Å². The Balaban J connectivity index is 1.85. The summed E-state index contributed by atoms with van der Waals surface area (Å²) in [6, 6.07) is 13.9. The van der Waals surface area contributed by atoms with Gasteiger partial charge in [0.1, 0.15) is 0 Å². The van der Waals surface area contributed by atoms with Crippen LogP contribution in [-0.4, -0.2) is 17.2 Å². The highest BCUT2D eigenvalue weighted by molar-refractivity contribution is 6.58. The van der Waals surface area contributed by atoms with Crippen molar-refractivity contribution in [2.24, 2.45) is 0 Å². The van der Waals surface area contributed by atoms with Gasteiger partial charge in [0.25, 0.3) is 0 Å². The van der Waals surface area contributed by atoms with Gasteiger partial charge in [-0.05, 0) is 70.9 Å². The van der Waals surface area contributed by atoms with E-state index in [-0.39, 0.29) is 5.41 Å². The van der Waals surface area contributed by atoms with Crippen LogP contribution in [0.15, 0.2) is 97.3 Å². The smallest absolute Gasteiger partial charge is 0.423 e. The summed E-state index contributed by atoms with van der Waals surface area (Å²) in [5.41, 5.74) is 8.25. The first kappa shape index (κ1) is 21.2. The summed E-state index contributed by atoms with van der Waals surface area (Å²) in [4.78, 5) is 2.22. The van der Waals surface area contributed by atoms with Crippen LogP contribution in [0.25, 0.3) is 5.57 Å². The molecule has 4 rings (SSSR count). The Morgan fingerprint density at radius 1 is 0.968 bits per heavy atom. The maximum Gasteiger partial charge on any atom is 0.488 e. The maximum absolute atomic E-state index is 9.48. The van der Waals surface area contributed by atoms with Crippen molar-refractivity contribution in [2.75, 3.05) is 4.90 Å². The summed E-state index contributed by atoms with van der Waals surface area (Å²) in [6.07, 6.45) is 12.5. The molecule has 0 aliphatic heterocycles. The second-order valence-electron chi connectivity index (χ2n) is 8.50. The van der Waals surface area contributed by atoms with E-state index in [0.29, 0.717) is 5.46 Å². The monoisotopic (exact) mass is 409 g/mol. The van der Waals surface area contributed by atoms with Crippen molar-refractivity contribution < 1.29 is 10.0 Å². The average molecular weight is 409 g/mol. The lowest BCUT2D eigenvalue weighted by Gasteiger charge is -2.30. The van der Waals surface area contributed by atoms with Crippen molar-refractivity contribution in [3.8, 4) is 0 Å². The molecule has 2 aromatic carbocycles. The van der Waals surface area contributed by atoms with Crippen LogP contribution >= 0.6 is 0 Å².